The summed E-state index contributed by atoms with van der Waals surface area (Å²) in [5.41, 5.74) is 3.56. The van der Waals surface area contributed by atoms with E-state index in [0.717, 1.165) is 22.4 Å². The molecule has 1 aliphatic rings. The van der Waals surface area contributed by atoms with Crippen LogP contribution in [0.3, 0.4) is 0 Å². The highest BCUT2D eigenvalue weighted by atomic mass is 16.5. The molecule has 0 spiro atoms. The van der Waals surface area contributed by atoms with Crippen molar-refractivity contribution >= 4 is 0 Å². The minimum atomic E-state index is -0.494. The van der Waals surface area contributed by atoms with Gasteiger partial charge in [-0.15, -0.1) is 0 Å². The normalized spacial score (nSPS) is 22.2. The maximum atomic E-state index is 10.1. The van der Waals surface area contributed by atoms with E-state index in [0.29, 0.717) is 31.4 Å². The van der Waals surface area contributed by atoms with Gasteiger partial charge in [0.1, 0.15) is 5.75 Å². The van der Waals surface area contributed by atoms with Gasteiger partial charge in [-0.1, -0.05) is 24.3 Å². The Morgan fingerprint density at radius 3 is 2.63 bits per heavy atom. The van der Waals surface area contributed by atoms with E-state index in [1.807, 2.05) is 43.3 Å². The lowest BCUT2D eigenvalue weighted by atomic mass is 9.92. The molecule has 0 saturated carbocycles. The summed E-state index contributed by atoms with van der Waals surface area (Å²) in [6, 6.07) is 15.8. The van der Waals surface area contributed by atoms with Gasteiger partial charge in [0.2, 0.25) is 0 Å². The Bertz CT molecular complexity index is 797. The first kappa shape index (κ1) is 19.4. The predicted octanol–water partition coefficient (Wildman–Crippen LogP) is 3.12. The van der Waals surface area contributed by atoms with E-state index in [2.05, 4.69) is 6.07 Å². The SMILES string of the molecule is CCOc1ccc(Cc2cc(C3CC(O)CC(CO)O3)ccc2C#N)cc1. The molecule has 2 aromatic rings. The number of hydrogen-bond acceptors (Lipinski definition) is 5. The zero-order chi connectivity index (χ0) is 19.2. The number of benzene rings is 2. The lowest BCUT2D eigenvalue weighted by Gasteiger charge is -2.32. The first-order valence-corrected chi connectivity index (χ1v) is 9.32. The summed E-state index contributed by atoms with van der Waals surface area (Å²) < 4.78 is 11.4. The van der Waals surface area contributed by atoms with E-state index in [4.69, 9.17) is 9.47 Å². The molecule has 3 unspecified atom stereocenters. The zero-order valence-corrected chi connectivity index (χ0v) is 15.5. The van der Waals surface area contributed by atoms with Crippen LogP contribution in [-0.2, 0) is 11.2 Å². The van der Waals surface area contributed by atoms with Gasteiger partial charge in [0.25, 0.3) is 0 Å². The van der Waals surface area contributed by atoms with Crippen LogP contribution in [0.2, 0.25) is 0 Å². The third-order valence-corrected chi connectivity index (χ3v) is 4.83. The topological polar surface area (TPSA) is 82.7 Å². The number of hydrogen-bond donors (Lipinski definition) is 2. The Morgan fingerprint density at radius 2 is 1.96 bits per heavy atom. The number of aliphatic hydroxyl groups is 2. The van der Waals surface area contributed by atoms with E-state index in [1.54, 1.807) is 6.07 Å². The van der Waals surface area contributed by atoms with Crippen LogP contribution < -0.4 is 4.74 Å². The van der Waals surface area contributed by atoms with Crippen molar-refractivity contribution in [1.82, 2.24) is 0 Å². The largest absolute Gasteiger partial charge is 0.494 e. The van der Waals surface area contributed by atoms with E-state index in [9.17, 15) is 15.5 Å². The monoisotopic (exact) mass is 367 g/mol. The average Bonchev–Trinajstić information content (AvgIpc) is 2.69. The van der Waals surface area contributed by atoms with E-state index in [-0.39, 0.29) is 18.8 Å². The molecule has 1 aliphatic heterocycles. The van der Waals surface area contributed by atoms with Gasteiger partial charge in [-0.3, -0.25) is 0 Å². The van der Waals surface area contributed by atoms with Crippen molar-refractivity contribution in [2.75, 3.05) is 13.2 Å². The second-order valence-corrected chi connectivity index (χ2v) is 6.84. The number of nitriles is 1. The summed E-state index contributed by atoms with van der Waals surface area (Å²) in [6.45, 7) is 2.47. The molecule has 0 radical (unpaired) electrons. The fraction of sp³-hybridized carbons (Fsp3) is 0.409. The van der Waals surface area contributed by atoms with Crippen molar-refractivity contribution < 1.29 is 19.7 Å². The van der Waals surface area contributed by atoms with Crippen molar-refractivity contribution in [3.8, 4) is 11.8 Å². The van der Waals surface area contributed by atoms with E-state index >= 15 is 0 Å². The van der Waals surface area contributed by atoms with Crippen molar-refractivity contribution in [1.29, 1.82) is 5.26 Å². The second-order valence-electron chi connectivity index (χ2n) is 6.84. The highest BCUT2D eigenvalue weighted by Crippen LogP contribution is 2.32. The van der Waals surface area contributed by atoms with Crippen molar-refractivity contribution in [3.63, 3.8) is 0 Å². The van der Waals surface area contributed by atoms with Crippen LogP contribution in [-0.4, -0.2) is 35.6 Å². The Labute approximate surface area is 159 Å². The van der Waals surface area contributed by atoms with Crippen LogP contribution in [0.25, 0.3) is 0 Å². The molecule has 27 heavy (non-hydrogen) atoms. The molecule has 2 N–H and O–H groups in total. The Kier molecular flexibility index (Phi) is 6.46. The van der Waals surface area contributed by atoms with Crippen LogP contribution in [0.1, 0.15) is 48.1 Å². The molecule has 0 amide bonds. The minimum Gasteiger partial charge on any atom is -0.494 e. The molecule has 3 atom stereocenters. The number of rotatable bonds is 6. The molecule has 0 aliphatic carbocycles. The maximum Gasteiger partial charge on any atom is 0.119 e. The van der Waals surface area contributed by atoms with Crippen molar-refractivity contribution in [2.24, 2.45) is 0 Å². The smallest absolute Gasteiger partial charge is 0.119 e. The van der Waals surface area contributed by atoms with Crippen molar-refractivity contribution in [3.05, 3.63) is 64.7 Å². The third kappa shape index (κ3) is 4.86. The molecule has 5 nitrogen and oxygen atoms in total. The molecule has 5 heteroatoms. The van der Waals surface area contributed by atoms with Gasteiger partial charge in [0.05, 0.1) is 43.2 Å². The van der Waals surface area contributed by atoms with E-state index in [1.165, 1.54) is 0 Å². The Hall–Kier alpha value is -2.39. The Morgan fingerprint density at radius 1 is 1.19 bits per heavy atom. The van der Waals surface area contributed by atoms with Gasteiger partial charge in [-0.05, 0) is 48.2 Å². The van der Waals surface area contributed by atoms with Gasteiger partial charge in [-0.2, -0.15) is 5.26 Å². The molecule has 142 valence electrons. The van der Waals surface area contributed by atoms with E-state index < -0.39 is 6.10 Å². The quantitative estimate of drug-likeness (QED) is 0.820. The number of ether oxygens (including phenoxy) is 2. The summed E-state index contributed by atoms with van der Waals surface area (Å²) in [5.74, 6) is 0.829. The molecular weight excluding hydrogens is 342 g/mol. The van der Waals surface area contributed by atoms with Crippen LogP contribution in [0.4, 0.5) is 0 Å². The highest BCUT2D eigenvalue weighted by Gasteiger charge is 2.29. The molecule has 3 rings (SSSR count). The van der Waals surface area contributed by atoms with Crippen LogP contribution >= 0.6 is 0 Å². The summed E-state index contributed by atoms with van der Waals surface area (Å²) >= 11 is 0. The molecule has 1 heterocycles. The predicted molar refractivity (Wildman–Crippen MR) is 102 cm³/mol. The maximum absolute atomic E-state index is 10.1. The second kappa shape index (κ2) is 9.01. The van der Waals surface area contributed by atoms with Crippen LogP contribution in [0, 0.1) is 11.3 Å². The standard InChI is InChI=1S/C22H25NO4/c1-2-26-20-7-3-15(4-8-20)9-18-10-16(5-6-17(18)13-23)22-12-19(25)11-21(14-24)27-22/h3-8,10,19,21-22,24-25H,2,9,11-12,14H2,1H3. The van der Waals surface area contributed by atoms with Gasteiger partial charge in [-0.25, -0.2) is 0 Å². The fourth-order valence-corrected chi connectivity index (χ4v) is 3.48. The first-order chi connectivity index (χ1) is 13.1. The van der Waals surface area contributed by atoms with Gasteiger partial charge in [0.15, 0.2) is 0 Å². The molecule has 0 aromatic heterocycles. The molecule has 1 saturated heterocycles. The zero-order valence-electron chi connectivity index (χ0n) is 15.5. The summed E-state index contributed by atoms with van der Waals surface area (Å²) in [4.78, 5) is 0. The lowest BCUT2D eigenvalue weighted by Crippen LogP contribution is -2.33. The minimum absolute atomic E-state index is 0.108. The highest BCUT2D eigenvalue weighted by molar-refractivity contribution is 5.44. The Balaban J connectivity index is 1.82. The van der Waals surface area contributed by atoms with Gasteiger partial charge < -0.3 is 19.7 Å². The fourth-order valence-electron chi connectivity index (χ4n) is 3.48. The molecule has 1 fully saturated rings. The van der Waals surface area contributed by atoms with Crippen LogP contribution in [0.5, 0.6) is 5.75 Å². The summed E-state index contributed by atoms with van der Waals surface area (Å²) in [5, 5.41) is 28.9. The number of nitrogens with zero attached hydrogens (tertiary/aromatic N) is 1. The van der Waals surface area contributed by atoms with Gasteiger partial charge in [0, 0.05) is 12.8 Å². The lowest BCUT2D eigenvalue weighted by molar-refractivity contribution is -0.113. The van der Waals surface area contributed by atoms with Gasteiger partial charge >= 0.3 is 0 Å². The van der Waals surface area contributed by atoms with Crippen molar-refractivity contribution in [2.45, 2.75) is 44.5 Å². The first-order valence-electron chi connectivity index (χ1n) is 9.32. The molecular formula is C22H25NO4. The summed E-state index contributed by atoms with van der Waals surface area (Å²) in [6.07, 6.45) is 0.433. The average molecular weight is 367 g/mol. The third-order valence-electron chi connectivity index (χ3n) is 4.83. The summed E-state index contributed by atoms with van der Waals surface area (Å²) in [7, 11) is 0. The van der Waals surface area contributed by atoms with Crippen LogP contribution in [0.15, 0.2) is 42.5 Å². The molecule has 2 aromatic carbocycles. The molecule has 0 bridgehead atoms. The number of aliphatic hydroxyl groups excluding tert-OH is 2.